The summed E-state index contributed by atoms with van der Waals surface area (Å²) in [4.78, 5) is 12.3. The Kier molecular flexibility index (Phi) is 6.72. The predicted molar refractivity (Wildman–Crippen MR) is 79.4 cm³/mol. The minimum absolute atomic E-state index is 0.127. The number of hydrogen-bond acceptors (Lipinski definition) is 3. The van der Waals surface area contributed by atoms with Crippen molar-refractivity contribution < 1.29 is 9.53 Å². The van der Waals surface area contributed by atoms with E-state index in [1.54, 1.807) is 0 Å². The number of Topliss-reactive ketones (excluding diaryl/α,β-unsaturated/α-hetero) is 1. The number of hydrogen-bond donors (Lipinski definition) is 0. The number of carbonyl (C=O) groups is 1. The highest BCUT2D eigenvalue weighted by Gasteiger charge is 2.22. The molecule has 0 bridgehead atoms. The maximum Gasteiger partial charge on any atom is 0.167 e. The molecule has 0 N–H and O–H groups in total. The van der Waals surface area contributed by atoms with E-state index in [1.807, 2.05) is 25.5 Å². The molecule has 5 heteroatoms. The number of ketones is 1. The molecule has 0 aromatic carbocycles. The summed E-state index contributed by atoms with van der Waals surface area (Å²) < 4.78 is 8.35. The summed E-state index contributed by atoms with van der Waals surface area (Å²) in [5.74, 6) is 0.127. The maximum atomic E-state index is 12.3. The molecule has 0 amide bonds. The van der Waals surface area contributed by atoms with Crippen LogP contribution in [0, 0.1) is 0 Å². The van der Waals surface area contributed by atoms with Gasteiger partial charge in [-0.3, -0.25) is 9.48 Å². The molecule has 1 rings (SSSR count). The van der Waals surface area contributed by atoms with Gasteiger partial charge in [0.05, 0.1) is 22.3 Å². The van der Waals surface area contributed by atoms with Crippen molar-refractivity contribution in [2.24, 2.45) is 0 Å². The Morgan fingerprint density at radius 1 is 1.37 bits per heavy atom. The fourth-order valence-corrected chi connectivity index (χ4v) is 2.81. The van der Waals surface area contributed by atoms with Crippen LogP contribution in [0.4, 0.5) is 0 Å². The van der Waals surface area contributed by atoms with E-state index in [0.29, 0.717) is 19.4 Å². The number of carbonyl (C=O) groups excluding carboxylic acids is 1. The zero-order valence-electron chi connectivity index (χ0n) is 12.2. The topological polar surface area (TPSA) is 44.1 Å². The molecule has 1 unspecified atom stereocenters. The number of halogens is 1. The smallest absolute Gasteiger partial charge is 0.167 e. The molecule has 0 aliphatic rings. The number of aromatic nitrogens is 2. The Morgan fingerprint density at radius 2 is 2.05 bits per heavy atom. The van der Waals surface area contributed by atoms with Crippen LogP contribution in [0.25, 0.3) is 0 Å². The van der Waals surface area contributed by atoms with Gasteiger partial charge in [0.15, 0.2) is 5.78 Å². The van der Waals surface area contributed by atoms with Crippen LogP contribution in [0.1, 0.15) is 45.5 Å². The summed E-state index contributed by atoms with van der Waals surface area (Å²) in [5.41, 5.74) is 1.97. The fraction of sp³-hybridized carbons (Fsp3) is 0.714. The summed E-state index contributed by atoms with van der Waals surface area (Å²) in [7, 11) is 0. The molecule has 0 saturated carbocycles. The molecule has 1 aromatic rings. The second-order valence-corrected chi connectivity index (χ2v) is 5.17. The van der Waals surface area contributed by atoms with Gasteiger partial charge in [-0.1, -0.05) is 13.8 Å². The van der Waals surface area contributed by atoms with Crippen LogP contribution in [0.15, 0.2) is 4.47 Å². The van der Waals surface area contributed by atoms with Gasteiger partial charge in [0, 0.05) is 13.2 Å². The van der Waals surface area contributed by atoms with Gasteiger partial charge in [-0.25, -0.2) is 0 Å². The molecule has 1 atom stereocenters. The fourth-order valence-electron chi connectivity index (χ4n) is 2.10. The lowest BCUT2D eigenvalue weighted by molar-refractivity contribution is -0.129. The number of aryl methyl sites for hydroxylation is 2. The first-order valence-electron chi connectivity index (χ1n) is 6.97. The van der Waals surface area contributed by atoms with E-state index in [-0.39, 0.29) is 11.9 Å². The molecule has 1 aromatic heterocycles. The third-order valence-corrected chi connectivity index (χ3v) is 4.05. The van der Waals surface area contributed by atoms with E-state index in [0.717, 1.165) is 28.8 Å². The van der Waals surface area contributed by atoms with Gasteiger partial charge in [-0.05, 0) is 42.6 Å². The Labute approximate surface area is 123 Å². The van der Waals surface area contributed by atoms with E-state index in [2.05, 4.69) is 28.0 Å². The van der Waals surface area contributed by atoms with Crippen LogP contribution < -0.4 is 0 Å². The van der Waals surface area contributed by atoms with Crippen LogP contribution in [-0.4, -0.2) is 28.3 Å². The van der Waals surface area contributed by atoms with Gasteiger partial charge in [0.1, 0.15) is 6.10 Å². The highest BCUT2D eigenvalue weighted by atomic mass is 79.9. The van der Waals surface area contributed by atoms with Gasteiger partial charge in [0.25, 0.3) is 0 Å². The third-order valence-electron chi connectivity index (χ3n) is 3.13. The van der Waals surface area contributed by atoms with Crippen molar-refractivity contribution in [1.29, 1.82) is 0 Å². The maximum absolute atomic E-state index is 12.3. The molecule has 1 heterocycles. The Hall–Kier alpha value is -0.680. The van der Waals surface area contributed by atoms with Gasteiger partial charge < -0.3 is 4.74 Å². The van der Waals surface area contributed by atoms with Crippen molar-refractivity contribution in [2.45, 2.75) is 59.6 Å². The van der Waals surface area contributed by atoms with Crippen LogP contribution in [0.2, 0.25) is 0 Å². The molecule has 108 valence electrons. The van der Waals surface area contributed by atoms with Crippen LogP contribution >= 0.6 is 15.9 Å². The summed E-state index contributed by atoms with van der Waals surface area (Å²) in [6.07, 6.45) is 1.64. The second kappa shape index (κ2) is 7.80. The Morgan fingerprint density at radius 3 is 2.53 bits per heavy atom. The molecule has 4 nitrogen and oxygen atoms in total. The Bertz CT molecular complexity index is 429. The molecule has 19 heavy (non-hydrogen) atoms. The predicted octanol–water partition coefficient (Wildman–Crippen LogP) is 3.15. The summed E-state index contributed by atoms with van der Waals surface area (Å²) in [5, 5.41) is 4.51. The number of nitrogens with zero attached hydrogens (tertiary/aromatic N) is 2. The van der Waals surface area contributed by atoms with E-state index in [4.69, 9.17) is 4.74 Å². The molecule has 0 spiro atoms. The average molecular weight is 331 g/mol. The van der Waals surface area contributed by atoms with Crippen LogP contribution in [-0.2, 0) is 28.9 Å². The van der Waals surface area contributed by atoms with E-state index in [1.165, 1.54) is 0 Å². The first-order chi connectivity index (χ1) is 9.08. The molecular formula is C14H23BrN2O2. The standard InChI is InChI=1S/C14H23BrN2O2/c1-5-10-14(15)11(17(7-3)16-10)9-12(18)13(6-2)19-8-4/h13H,5-9H2,1-4H3. The molecule has 0 aliphatic carbocycles. The van der Waals surface area contributed by atoms with Gasteiger partial charge in [-0.2, -0.15) is 5.10 Å². The van der Waals surface area contributed by atoms with E-state index >= 15 is 0 Å². The van der Waals surface area contributed by atoms with Crippen molar-refractivity contribution in [3.63, 3.8) is 0 Å². The number of rotatable bonds is 8. The van der Waals surface area contributed by atoms with Crippen molar-refractivity contribution in [3.05, 3.63) is 15.9 Å². The van der Waals surface area contributed by atoms with Crippen LogP contribution in [0.5, 0.6) is 0 Å². The highest BCUT2D eigenvalue weighted by Crippen LogP contribution is 2.23. The van der Waals surface area contributed by atoms with Crippen LogP contribution in [0.3, 0.4) is 0 Å². The molecule has 0 fully saturated rings. The zero-order chi connectivity index (χ0) is 14.4. The molecular weight excluding hydrogens is 308 g/mol. The Balaban J connectivity index is 2.91. The first kappa shape index (κ1) is 16.4. The van der Waals surface area contributed by atoms with Gasteiger partial charge >= 0.3 is 0 Å². The van der Waals surface area contributed by atoms with Gasteiger partial charge in [0.2, 0.25) is 0 Å². The first-order valence-corrected chi connectivity index (χ1v) is 7.76. The lowest BCUT2D eigenvalue weighted by Gasteiger charge is -2.14. The monoisotopic (exact) mass is 330 g/mol. The zero-order valence-corrected chi connectivity index (χ0v) is 13.8. The van der Waals surface area contributed by atoms with Crippen molar-refractivity contribution in [3.8, 4) is 0 Å². The minimum atomic E-state index is -0.304. The minimum Gasteiger partial charge on any atom is -0.371 e. The summed E-state index contributed by atoms with van der Waals surface area (Å²) >= 11 is 3.57. The normalized spacial score (nSPS) is 12.7. The lowest BCUT2D eigenvalue weighted by Crippen LogP contribution is -2.26. The summed E-state index contributed by atoms with van der Waals surface area (Å²) in [6.45, 7) is 9.32. The largest absolute Gasteiger partial charge is 0.371 e. The highest BCUT2D eigenvalue weighted by molar-refractivity contribution is 9.10. The average Bonchev–Trinajstić information content (AvgIpc) is 2.72. The second-order valence-electron chi connectivity index (χ2n) is 4.37. The molecule has 0 aliphatic heterocycles. The van der Waals surface area contributed by atoms with Crippen molar-refractivity contribution in [1.82, 2.24) is 9.78 Å². The molecule has 0 radical (unpaired) electrons. The quantitative estimate of drug-likeness (QED) is 0.735. The summed E-state index contributed by atoms with van der Waals surface area (Å²) in [6, 6.07) is 0. The molecule has 0 saturated heterocycles. The number of ether oxygens (including phenoxy) is 1. The SMILES string of the molecule is CCOC(CC)C(=O)Cc1c(Br)c(CC)nn1CC. The van der Waals surface area contributed by atoms with E-state index < -0.39 is 0 Å². The van der Waals surface area contributed by atoms with Crippen molar-refractivity contribution >= 4 is 21.7 Å². The van der Waals surface area contributed by atoms with Crippen molar-refractivity contribution in [2.75, 3.05) is 6.61 Å². The van der Waals surface area contributed by atoms with E-state index in [9.17, 15) is 4.79 Å². The third kappa shape index (κ3) is 3.89. The lowest BCUT2D eigenvalue weighted by atomic mass is 10.1. The van der Waals surface area contributed by atoms with Gasteiger partial charge in [-0.15, -0.1) is 0 Å².